The van der Waals surface area contributed by atoms with E-state index in [4.69, 9.17) is 52.1 Å². The first-order valence-electron chi connectivity index (χ1n) is 20.7. The Morgan fingerprint density at radius 1 is 0.731 bits per heavy atom. The lowest BCUT2D eigenvalue weighted by atomic mass is 9.96. The molecule has 3 aromatic rings. The van der Waals surface area contributed by atoms with Crippen molar-refractivity contribution in [3.8, 4) is 40.2 Å². The van der Waals surface area contributed by atoms with Crippen LogP contribution in [0.5, 0.6) is 40.2 Å². The molecule has 3 fully saturated rings. The predicted octanol–water partition coefficient (Wildman–Crippen LogP) is -0.660. The van der Waals surface area contributed by atoms with Gasteiger partial charge in [0.05, 0.1) is 46.2 Å². The molecule has 0 aliphatic carbocycles. The van der Waals surface area contributed by atoms with Gasteiger partial charge in [0.2, 0.25) is 5.75 Å². The summed E-state index contributed by atoms with van der Waals surface area (Å²) in [5.74, 6) is -3.33. The average molecular weight is 951 g/mol. The topological polar surface area (TPSA) is 338 Å². The Balaban J connectivity index is 1.25. The van der Waals surface area contributed by atoms with Crippen LogP contribution in [-0.2, 0) is 49.1 Å². The minimum atomic E-state index is -2.33. The molecule has 3 aromatic carbocycles. The number of carbonyl (C=O) groups excluding carboxylic acids is 2. The first kappa shape index (κ1) is 50.9. The van der Waals surface area contributed by atoms with Gasteiger partial charge >= 0.3 is 11.9 Å². The third-order valence-corrected chi connectivity index (χ3v) is 11.2. The minimum Gasteiger partial charge on any atom is -0.504 e. The molecule has 3 aliphatic rings. The third kappa shape index (κ3) is 11.8. The second-order valence-corrected chi connectivity index (χ2v) is 15.8. The number of phenols is 4. The molecule has 10 N–H and O–H groups in total. The Morgan fingerprint density at radius 3 is 2.07 bits per heavy atom. The van der Waals surface area contributed by atoms with Crippen LogP contribution in [0.25, 0.3) is 6.08 Å². The van der Waals surface area contributed by atoms with Gasteiger partial charge in [-0.05, 0) is 66.9 Å². The lowest BCUT2D eigenvalue weighted by Crippen LogP contribution is -2.65. The molecular weight excluding hydrogens is 896 g/mol. The highest BCUT2D eigenvalue weighted by Gasteiger charge is 2.56. The molecule has 0 aromatic heterocycles. The number of methoxy groups -OCH3 is 3. The van der Waals surface area contributed by atoms with Crippen molar-refractivity contribution in [1.29, 1.82) is 0 Å². The summed E-state index contributed by atoms with van der Waals surface area (Å²) in [6.45, 7) is -1.08. The zero-order chi connectivity index (χ0) is 48.7. The summed E-state index contributed by atoms with van der Waals surface area (Å²) in [7, 11) is 3.84. The van der Waals surface area contributed by atoms with Gasteiger partial charge in [0.25, 0.3) is 0 Å². The lowest BCUT2D eigenvalue weighted by molar-refractivity contribution is -0.375. The van der Waals surface area contributed by atoms with Crippen LogP contribution in [0.3, 0.4) is 0 Å². The van der Waals surface area contributed by atoms with Crippen LogP contribution >= 0.6 is 0 Å². The molecule has 23 nitrogen and oxygen atoms in total. The van der Waals surface area contributed by atoms with Crippen molar-refractivity contribution in [3.63, 3.8) is 0 Å². The van der Waals surface area contributed by atoms with Crippen LogP contribution in [0.2, 0.25) is 0 Å². The van der Waals surface area contributed by atoms with Gasteiger partial charge in [0.1, 0.15) is 62.0 Å². The fourth-order valence-electron chi connectivity index (χ4n) is 7.27. The lowest BCUT2D eigenvalue weighted by Gasteiger charge is -2.47. The van der Waals surface area contributed by atoms with Crippen LogP contribution in [0.4, 0.5) is 0 Å². The zero-order valence-electron chi connectivity index (χ0n) is 36.5. The first-order chi connectivity index (χ1) is 31.9. The van der Waals surface area contributed by atoms with Gasteiger partial charge < -0.3 is 103 Å². The van der Waals surface area contributed by atoms with Gasteiger partial charge in [0.15, 0.2) is 59.0 Å². The molecule has 0 radical (unpaired) electrons. The first-order valence-corrected chi connectivity index (χ1v) is 20.7. The Labute approximate surface area is 382 Å². The number of ether oxygens (including phenoxy) is 11. The Hall–Kier alpha value is -5.54. The second-order valence-electron chi connectivity index (χ2n) is 15.8. The largest absolute Gasteiger partial charge is 0.504 e. The number of aliphatic hydroxyl groups is 6. The highest BCUT2D eigenvalue weighted by molar-refractivity contribution is 5.91. The fraction of sp³-hybridized carbons (Fsp3) is 0.500. The van der Waals surface area contributed by atoms with E-state index in [-0.39, 0.29) is 53.1 Å². The third-order valence-electron chi connectivity index (χ3n) is 11.2. The van der Waals surface area contributed by atoms with Crippen molar-refractivity contribution >= 4 is 18.0 Å². The van der Waals surface area contributed by atoms with Crippen LogP contribution in [0, 0.1) is 0 Å². The minimum absolute atomic E-state index is 0.0689. The van der Waals surface area contributed by atoms with Crippen molar-refractivity contribution in [2.75, 3.05) is 47.8 Å². The van der Waals surface area contributed by atoms with Crippen LogP contribution in [0.1, 0.15) is 28.4 Å². The number of aromatic hydroxyl groups is 4. The summed E-state index contributed by atoms with van der Waals surface area (Å²) in [4.78, 5) is 26.1. The number of esters is 2. The van der Waals surface area contributed by atoms with E-state index >= 15 is 0 Å². The van der Waals surface area contributed by atoms with E-state index in [9.17, 15) is 60.7 Å². The van der Waals surface area contributed by atoms with Gasteiger partial charge in [-0.25, -0.2) is 9.59 Å². The van der Waals surface area contributed by atoms with Gasteiger partial charge in [0, 0.05) is 6.08 Å². The summed E-state index contributed by atoms with van der Waals surface area (Å²) in [6.07, 6.45) is -18.0. The number of aliphatic hydroxyl groups excluding tert-OH is 5. The molecule has 0 unspecified atom stereocenters. The normalized spacial score (nSPS) is 30.8. The Morgan fingerprint density at radius 2 is 1.40 bits per heavy atom. The maximum absolute atomic E-state index is 13.1. The Kier molecular flexibility index (Phi) is 16.7. The van der Waals surface area contributed by atoms with E-state index in [2.05, 4.69) is 0 Å². The van der Waals surface area contributed by atoms with Crippen LogP contribution in [-0.4, -0.2) is 190 Å². The van der Waals surface area contributed by atoms with Gasteiger partial charge in [-0.1, -0.05) is 12.1 Å². The number of benzene rings is 3. The SMILES string of the molecule is COc1cc(/C=C/C(=O)OC[C@H]2O[C@@H](OCCc3ccc(O)c(O)c3)[C@H](O[C@@H]3OC[C@@](O)(COC(=O)c4cc(OC)c(O)c(OC)c4)[C@H]3O)[C@@H](O[C@@H]3O[C@@H](C)[C@H](O)[C@@H](O)[C@H]3O)[C@@H]2O)ccc1O. The van der Waals surface area contributed by atoms with Crippen molar-refractivity contribution < 1.29 is 113 Å². The molecule has 13 atom stereocenters. The molecule has 0 amide bonds. The quantitative estimate of drug-likeness (QED) is 0.0430. The summed E-state index contributed by atoms with van der Waals surface area (Å²) < 4.78 is 61.8. The van der Waals surface area contributed by atoms with E-state index in [0.29, 0.717) is 11.1 Å². The number of rotatable bonds is 18. The molecule has 67 heavy (non-hydrogen) atoms. The molecule has 3 aliphatic heterocycles. The number of hydrogen-bond donors (Lipinski definition) is 10. The highest BCUT2D eigenvalue weighted by atomic mass is 16.8. The maximum Gasteiger partial charge on any atom is 0.338 e. The average Bonchev–Trinajstić information content (AvgIpc) is 3.60. The summed E-state index contributed by atoms with van der Waals surface area (Å²) in [6, 6.07) is 10.7. The molecule has 6 rings (SSSR count). The standard InChI is InChI=1S/C44H54O23/c1-20-32(49)35(52)36(53)41(64-20)66-37-34(51)30(17-61-31(48)10-7-21-6-9-25(46)27(14-21)57-2)65-42(60-12-11-22-5-8-24(45)26(47)13-22)38(37)67-43-39(54)44(56,19-63-43)18-62-40(55)23-15-28(58-3)33(50)29(16-23)59-4/h5-10,13-16,20,30,32,34-39,41-43,45-47,49-54,56H,11-12,17-19H2,1-4H3/b10-7+/t20-,30+,32-,34+,35+,36+,37-,38+,39-,41-,42+,43-,44-/m0/s1. The number of carbonyl (C=O) groups is 2. The highest BCUT2D eigenvalue weighted by Crippen LogP contribution is 2.39. The van der Waals surface area contributed by atoms with Crippen molar-refractivity contribution in [2.24, 2.45) is 0 Å². The maximum atomic E-state index is 13.1. The predicted molar refractivity (Wildman–Crippen MR) is 223 cm³/mol. The molecule has 0 spiro atoms. The van der Waals surface area contributed by atoms with E-state index in [0.717, 1.165) is 18.2 Å². The zero-order valence-corrected chi connectivity index (χ0v) is 36.5. The van der Waals surface area contributed by atoms with E-state index in [1.807, 2.05) is 0 Å². The monoisotopic (exact) mass is 950 g/mol. The smallest absolute Gasteiger partial charge is 0.338 e. The molecule has 23 heteroatoms. The van der Waals surface area contributed by atoms with E-state index in [1.54, 1.807) is 0 Å². The van der Waals surface area contributed by atoms with Crippen molar-refractivity contribution in [1.82, 2.24) is 0 Å². The molecule has 368 valence electrons. The van der Waals surface area contributed by atoms with E-state index in [1.165, 1.54) is 70.7 Å². The number of phenolic OH excluding ortho intramolecular Hbond substituents is 4. The van der Waals surface area contributed by atoms with Crippen molar-refractivity contribution in [2.45, 2.75) is 92.8 Å². The molecule has 3 heterocycles. The molecular formula is C44H54O23. The number of hydrogen-bond acceptors (Lipinski definition) is 23. The van der Waals surface area contributed by atoms with Crippen molar-refractivity contribution in [3.05, 3.63) is 71.3 Å². The molecule has 0 saturated carbocycles. The fourth-order valence-corrected chi connectivity index (χ4v) is 7.27. The summed E-state index contributed by atoms with van der Waals surface area (Å²) in [5.41, 5.74) is -1.54. The van der Waals surface area contributed by atoms with E-state index < -0.39 is 117 Å². The second kappa shape index (κ2) is 22.0. The van der Waals surface area contributed by atoms with Crippen LogP contribution in [0.15, 0.2) is 54.6 Å². The Bertz CT molecular complexity index is 2180. The molecule has 0 bridgehead atoms. The van der Waals surface area contributed by atoms with Gasteiger partial charge in [-0.3, -0.25) is 0 Å². The van der Waals surface area contributed by atoms with Gasteiger partial charge in [-0.2, -0.15) is 0 Å². The summed E-state index contributed by atoms with van der Waals surface area (Å²) in [5, 5.41) is 107. The molecule has 3 saturated heterocycles. The van der Waals surface area contributed by atoms with Crippen LogP contribution < -0.4 is 14.2 Å². The van der Waals surface area contributed by atoms with Gasteiger partial charge in [-0.15, -0.1) is 0 Å². The summed E-state index contributed by atoms with van der Waals surface area (Å²) >= 11 is 0.